The molecule has 0 bridgehead atoms. The highest BCUT2D eigenvalue weighted by Gasteiger charge is 2.21. The van der Waals surface area contributed by atoms with E-state index in [1.807, 2.05) is 66.2 Å². The standard InChI is InChI=1S/C17H16N2O2/c1-12-5-7-13(8-6-12)15(17(20)21)10-14-11-19-9-3-2-4-16(19)18-14/h2-9,11,15H,10H2,1H3,(H,20,21). The van der Waals surface area contributed by atoms with E-state index in [4.69, 9.17) is 0 Å². The highest BCUT2D eigenvalue weighted by molar-refractivity contribution is 5.76. The van der Waals surface area contributed by atoms with Crippen molar-refractivity contribution in [3.8, 4) is 0 Å². The highest BCUT2D eigenvalue weighted by Crippen LogP contribution is 2.22. The van der Waals surface area contributed by atoms with E-state index in [9.17, 15) is 9.90 Å². The molecule has 0 spiro atoms. The number of pyridine rings is 1. The third-order valence-electron chi connectivity index (χ3n) is 3.60. The molecular formula is C17H16N2O2. The molecular weight excluding hydrogens is 264 g/mol. The van der Waals surface area contributed by atoms with Crippen LogP contribution in [0.15, 0.2) is 54.9 Å². The van der Waals surface area contributed by atoms with E-state index in [-0.39, 0.29) is 0 Å². The number of fused-ring (bicyclic) bond motifs is 1. The second-order valence-electron chi connectivity index (χ2n) is 5.20. The molecule has 2 heterocycles. The molecule has 0 aliphatic carbocycles. The van der Waals surface area contributed by atoms with Crippen molar-refractivity contribution in [3.63, 3.8) is 0 Å². The molecule has 2 aromatic heterocycles. The Morgan fingerprint density at radius 3 is 2.67 bits per heavy atom. The second kappa shape index (κ2) is 5.40. The second-order valence-corrected chi connectivity index (χ2v) is 5.20. The van der Waals surface area contributed by atoms with Crippen LogP contribution in [0.5, 0.6) is 0 Å². The molecule has 0 saturated heterocycles. The SMILES string of the molecule is Cc1ccc(C(Cc2cn3ccccc3n2)C(=O)O)cc1. The van der Waals surface area contributed by atoms with Gasteiger partial charge in [-0.15, -0.1) is 0 Å². The van der Waals surface area contributed by atoms with Gasteiger partial charge in [-0.25, -0.2) is 4.98 Å². The van der Waals surface area contributed by atoms with Gasteiger partial charge in [-0.3, -0.25) is 4.79 Å². The van der Waals surface area contributed by atoms with E-state index < -0.39 is 11.9 Å². The maximum Gasteiger partial charge on any atom is 0.311 e. The van der Waals surface area contributed by atoms with Crippen molar-refractivity contribution in [2.75, 3.05) is 0 Å². The van der Waals surface area contributed by atoms with E-state index in [0.29, 0.717) is 6.42 Å². The summed E-state index contributed by atoms with van der Waals surface area (Å²) in [5, 5.41) is 9.50. The Kier molecular flexibility index (Phi) is 3.44. The number of imidazole rings is 1. The largest absolute Gasteiger partial charge is 0.481 e. The summed E-state index contributed by atoms with van der Waals surface area (Å²) in [6, 6.07) is 13.4. The van der Waals surface area contributed by atoms with E-state index in [2.05, 4.69) is 4.98 Å². The van der Waals surface area contributed by atoms with Crippen molar-refractivity contribution in [1.82, 2.24) is 9.38 Å². The van der Waals surface area contributed by atoms with Crippen LogP contribution in [0.4, 0.5) is 0 Å². The Hall–Kier alpha value is -2.62. The van der Waals surface area contributed by atoms with E-state index in [1.165, 1.54) is 0 Å². The van der Waals surface area contributed by atoms with Gasteiger partial charge in [0.25, 0.3) is 0 Å². The van der Waals surface area contributed by atoms with Crippen molar-refractivity contribution in [3.05, 3.63) is 71.7 Å². The van der Waals surface area contributed by atoms with Gasteiger partial charge in [-0.05, 0) is 24.6 Å². The number of aromatic nitrogens is 2. The number of aryl methyl sites for hydroxylation is 1. The number of rotatable bonds is 4. The fourth-order valence-corrected chi connectivity index (χ4v) is 2.44. The smallest absolute Gasteiger partial charge is 0.311 e. The maximum atomic E-state index is 11.6. The van der Waals surface area contributed by atoms with Crippen molar-refractivity contribution < 1.29 is 9.90 Å². The van der Waals surface area contributed by atoms with Crippen molar-refractivity contribution >= 4 is 11.6 Å². The highest BCUT2D eigenvalue weighted by atomic mass is 16.4. The number of carboxylic acids is 1. The predicted molar refractivity (Wildman–Crippen MR) is 80.5 cm³/mol. The molecule has 1 atom stereocenters. The molecule has 0 aliphatic heterocycles. The van der Waals surface area contributed by atoms with E-state index in [1.54, 1.807) is 0 Å². The van der Waals surface area contributed by atoms with Gasteiger partial charge >= 0.3 is 5.97 Å². The third kappa shape index (κ3) is 2.79. The molecule has 0 saturated carbocycles. The van der Waals surface area contributed by atoms with Gasteiger partial charge < -0.3 is 9.51 Å². The number of carboxylic acid groups (broad SMARTS) is 1. The van der Waals surface area contributed by atoms with Gasteiger partial charge in [-0.1, -0.05) is 35.9 Å². The molecule has 0 radical (unpaired) electrons. The van der Waals surface area contributed by atoms with E-state index in [0.717, 1.165) is 22.5 Å². The van der Waals surface area contributed by atoms with Crippen LogP contribution < -0.4 is 0 Å². The van der Waals surface area contributed by atoms with Crippen LogP contribution in [0.1, 0.15) is 22.7 Å². The Morgan fingerprint density at radius 1 is 1.24 bits per heavy atom. The summed E-state index contributed by atoms with van der Waals surface area (Å²) in [5.74, 6) is -1.40. The average molecular weight is 280 g/mol. The lowest BCUT2D eigenvalue weighted by molar-refractivity contribution is -0.138. The zero-order valence-corrected chi connectivity index (χ0v) is 11.7. The summed E-state index contributed by atoms with van der Waals surface area (Å²) in [7, 11) is 0. The van der Waals surface area contributed by atoms with Crippen LogP contribution in [0.3, 0.4) is 0 Å². The molecule has 4 heteroatoms. The molecule has 0 amide bonds. The van der Waals surface area contributed by atoms with Crippen molar-refractivity contribution in [2.45, 2.75) is 19.3 Å². The molecule has 3 aromatic rings. The summed E-state index contributed by atoms with van der Waals surface area (Å²) in [4.78, 5) is 16.0. The van der Waals surface area contributed by atoms with Gasteiger partial charge in [-0.2, -0.15) is 0 Å². The maximum absolute atomic E-state index is 11.6. The number of hydrogen-bond donors (Lipinski definition) is 1. The Balaban J connectivity index is 1.91. The zero-order valence-electron chi connectivity index (χ0n) is 11.7. The third-order valence-corrected chi connectivity index (χ3v) is 3.60. The fourth-order valence-electron chi connectivity index (χ4n) is 2.44. The molecule has 1 aromatic carbocycles. The monoisotopic (exact) mass is 280 g/mol. The summed E-state index contributed by atoms with van der Waals surface area (Å²) >= 11 is 0. The Labute approximate surface area is 122 Å². The Morgan fingerprint density at radius 2 is 2.00 bits per heavy atom. The lowest BCUT2D eigenvalue weighted by atomic mass is 9.94. The molecule has 0 aliphatic rings. The van der Waals surface area contributed by atoms with Crippen LogP contribution in [0.2, 0.25) is 0 Å². The number of hydrogen-bond acceptors (Lipinski definition) is 2. The number of benzene rings is 1. The van der Waals surface area contributed by atoms with Crippen LogP contribution >= 0.6 is 0 Å². The minimum atomic E-state index is -0.823. The van der Waals surface area contributed by atoms with Gasteiger partial charge in [0.05, 0.1) is 11.6 Å². The summed E-state index contributed by atoms with van der Waals surface area (Å²) < 4.78 is 1.91. The number of aliphatic carboxylic acids is 1. The first kappa shape index (κ1) is 13.4. The summed E-state index contributed by atoms with van der Waals surface area (Å²) in [6.07, 6.45) is 4.19. The first-order valence-corrected chi connectivity index (χ1v) is 6.85. The van der Waals surface area contributed by atoms with Gasteiger partial charge in [0.1, 0.15) is 5.65 Å². The lowest BCUT2D eigenvalue weighted by Gasteiger charge is -2.11. The molecule has 3 rings (SSSR count). The van der Waals surface area contributed by atoms with Crippen molar-refractivity contribution in [1.29, 1.82) is 0 Å². The molecule has 106 valence electrons. The van der Waals surface area contributed by atoms with Crippen LogP contribution in [-0.4, -0.2) is 20.5 Å². The van der Waals surface area contributed by atoms with Crippen molar-refractivity contribution in [2.24, 2.45) is 0 Å². The minimum absolute atomic E-state index is 0.389. The quantitative estimate of drug-likeness (QED) is 0.799. The first-order chi connectivity index (χ1) is 10.1. The number of carbonyl (C=O) groups is 1. The Bertz CT molecular complexity index is 742. The molecule has 0 fully saturated rings. The molecule has 1 N–H and O–H groups in total. The lowest BCUT2D eigenvalue weighted by Crippen LogP contribution is -2.14. The average Bonchev–Trinajstić information content (AvgIpc) is 2.88. The molecule has 4 nitrogen and oxygen atoms in total. The predicted octanol–water partition coefficient (Wildman–Crippen LogP) is 3.05. The number of nitrogens with zero attached hydrogens (tertiary/aromatic N) is 2. The van der Waals surface area contributed by atoms with Gasteiger partial charge in [0.2, 0.25) is 0 Å². The zero-order chi connectivity index (χ0) is 14.8. The normalized spacial score (nSPS) is 12.4. The van der Waals surface area contributed by atoms with Crippen LogP contribution in [0.25, 0.3) is 5.65 Å². The van der Waals surface area contributed by atoms with Crippen LogP contribution in [0, 0.1) is 6.92 Å². The summed E-state index contributed by atoms with van der Waals surface area (Å²) in [6.45, 7) is 1.99. The molecule has 1 unspecified atom stereocenters. The topological polar surface area (TPSA) is 54.6 Å². The fraction of sp³-hybridized carbons (Fsp3) is 0.176. The van der Waals surface area contributed by atoms with Gasteiger partial charge in [0, 0.05) is 18.8 Å². The minimum Gasteiger partial charge on any atom is -0.481 e. The van der Waals surface area contributed by atoms with Gasteiger partial charge in [0.15, 0.2) is 0 Å². The van der Waals surface area contributed by atoms with E-state index >= 15 is 0 Å². The first-order valence-electron chi connectivity index (χ1n) is 6.85. The molecule has 21 heavy (non-hydrogen) atoms. The van der Waals surface area contributed by atoms with Crippen LogP contribution in [-0.2, 0) is 11.2 Å². The summed E-state index contributed by atoms with van der Waals surface area (Å²) in [5.41, 5.74) is 3.55.